The monoisotopic (exact) mass is 190 g/mol. The second kappa shape index (κ2) is 3.33. The fourth-order valence-corrected chi connectivity index (χ4v) is 2.05. The Morgan fingerprint density at radius 1 is 1.50 bits per heavy atom. The molecule has 0 spiro atoms. The van der Waals surface area contributed by atoms with E-state index in [2.05, 4.69) is 6.07 Å². The number of hydrogen-bond donors (Lipinski definition) is 1. The molecule has 2 rings (SSSR count). The van der Waals surface area contributed by atoms with Crippen molar-refractivity contribution in [1.29, 1.82) is 0 Å². The van der Waals surface area contributed by atoms with Crippen LogP contribution in [0.3, 0.4) is 0 Å². The Balaban J connectivity index is 2.36. The first-order valence-electron chi connectivity index (χ1n) is 4.80. The zero-order valence-corrected chi connectivity index (χ0v) is 8.23. The lowest BCUT2D eigenvalue weighted by Gasteiger charge is -2.33. The molecular weight excluding hydrogens is 176 g/mol. The second-order valence-corrected chi connectivity index (χ2v) is 3.70. The summed E-state index contributed by atoms with van der Waals surface area (Å²) in [6.07, 6.45) is 1.76. The van der Waals surface area contributed by atoms with E-state index < -0.39 is 0 Å². The first-order valence-corrected chi connectivity index (χ1v) is 4.80. The molecule has 1 unspecified atom stereocenters. The number of anilines is 1. The number of nitrogens with zero attached hydrogens (tertiary/aromatic N) is 1. The Bertz CT molecular complexity index is 362. The van der Waals surface area contributed by atoms with Gasteiger partial charge in [-0.3, -0.25) is 4.79 Å². The lowest BCUT2D eigenvalue weighted by molar-refractivity contribution is -0.119. The van der Waals surface area contributed by atoms with Crippen LogP contribution < -0.4 is 10.6 Å². The number of hydrogen-bond acceptors (Lipinski definition) is 2. The number of benzene rings is 1. The van der Waals surface area contributed by atoms with Gasteiger partial charge in [0.15, 0.2) is 0 Å². The van der Waals surface area contributed by atoms with Crippen molar-refractivity contribution in [2.75, 3.05) is 11.9 Å². The third-order valence-electron chi connectivity index (χ3n) is 2.85. The van der Waals surface area contributed by atoms with Gasteiger partial charge in [0.2, 0.25) is 5.91 Å². The minimum atomic E-state index is -0.234. The average molecular weight is 190 g/mol. The molecule has 0 saturated carbocycles. The van der Waals surface area contributed by atoms with Crippen molar-refractivity contribution in [3.63, 3.8) is 0 Å². The summed E-state index contributed by atoms with van der Waals surface area (Å²) >= 11 is 0. The summed E-state index contributed by atoms with van der Waals surface area (Å²) in [5, 5.41) is 0. The number of primary amides is 1. The Hall–Kier alpha value is -1.51. The van der Waals surface area contributed by atoms with Gasteiger partial charge in [-0.05, 0) is 24.5 Å². The highest BCUT2D eigenvalue weighted by Gasteiger charge is 2.26. The zero-order valence-electron chi connectivity index (χ0n) is 8.23. The van der Waals surface area contributed by atoms with Crippen LogP contribution in [0.15, 0.2) is 24.3 Å². The van der Waals surface area contributed by atoms with Crippen molar-refractivity contribution in [3.8, 4) is 0 Å². The quantitative estimate of drug-likeness (QED) is 0.716. The summed E-state index contributed by atoms with van der Waals surface area (Å²) in [6.45, 7) is 0. The first kappa shape index (κ1) is 9.06. The predicted molar refractivity (Wildman–Crippen MR) is 56.1 cm³/mol. The van der Waals surface area contributed by atoms with E-state index in [1.807, 2.05) is 30.1 Å². The predicted octanol–water partition coefficient (Wildman–Crippen LogP) is 0.923. The number of nitrogens with two attached hydrogens (primary N) is 1. The van der Waals surface area contributed by atoms with Crippen molar-refractivity contribution in [2.45, 2.75) is 18.9 Å². The van der Waals surface area contributed by atoms with Crippen molar-refractivity contribution >= 4 is 11.6 Å². The van der Waals surface area contributed by atoms with Gasteiger partial charge in [-0.2, -0.15) is 0 Å². The molecule has 0 aromatic heterocycles. The van der Waals surface area contributed by atoms with E-state index in [0.717, 1.165) is 18.5 Å². The number of carbonyl (C=O) groups excluding carboxylic acids is 1. The summed E-state index contributed by atoms with van der Waals surface area (Å²) in [4.78, 5) is 13.1. The maximum atomic E-state index is 11.2. The van der Waals surface area contributed by atoms with Crippen LogP contribution in [0, 0.1) is 0 Å². The highest BCUT2D eigenvalue weighted by molar-refractivity contribution is 5.84. The second-order valence-electron chi connectivity index (χ2n) is 3.70. The Morgan fingerprint density at radius 2 is 2.21 bits per heavy atom. The molecule has 1 amide bonds. The zero-order chi connectivity index (χ0) is 10.1. The molecule has 1 aliphatic heterocycles. The van der Waals surface area contributed by atoms with Crippen LogP contribution in [-0.4, -0.2) is 19.0 Å². The lowest BCUT2D eigenvalue weighted by atomic mass is 9.96. The summed E-state index contributed by atoms with van der Waals surface area (Å²) in [5.41, 5.74) is 7.76. The van der Waals surface area contributed by atoms with Crippen LogP contribution in [0.5, 0.6) is 0 Å². The van der Waals surface area contributed by atoms with Crippen LogP contribution >= 0.6 is 0 Å². The maximum Gasteiger partial charge on any atom is 0.240 e. The van der Waals surface area contributed by atoms with Crippen LogP contribution in [0.25, 0.3) is 0 Å². The summed E-state index contributed by atoms with van der Waals surface area (Å²) in [7, 11) is 1.92. The van der Waals surface area contributed by atoms with E-state index in [9.17, 15) is 4.79 Å². The standard InChI is InChI=1S/C11H14N2O/c1-13-9-5-3-2-4-8(9)6-7-10(13)11(12)14/h2-5,10H,6-7H2,1H3,(H2,12,14). The van der Waals surface area contributed by atoms with Gasteiger partial charge in [-0.1, -0.05) is 18.2 Å². The molecule has 1 atom stereocenters. The van der Waals surface area contributed by atoms with Crippen LogP contribution in [0.2, 0.25) is 0 Å². The highest BCUT2D eigenvalue weighted by Crippen LogP contribution is 2.28. The summed E-state index contributed by atoms with van der Waals surface area (Å²) in [6, 6.07) is 7.99. The fourth-order valence-electron chi connectivity index (χ4n) is 2.05. The van der Waals surface area contributed by atoms with E-state index in [4.69, 9.17) is 5.73 Å². The molecular formula is C11H14N2O. The van der Waals surface area contributed by atoms with Crippen LogP contribution in [-0.2, 0) is 11.2 Å². The maximum absolute atomic E-state index is 11.2. The largest absolute Gasteiger partial charge is 0.368 e. The lowest BCUT2D eigenvalue weighted by Crippen LogP contribution is -2.45. The minimum Gasteiger partial charge on any atom is -0.368 e. The number of amides is 1. The molecule has 2 N–H and O–H groups in total. The first-order chi connectivity index (χ1) is 6.70. The minimum absolute atomic E-state index is 0.148. The van der Waals surface area contributed by atoms with Crippen molar-refractivity contribution < 1.29 is 4.79 Å². The van der Waals surface area contributed by atoms with E-state index in [-0.39, 0.29) is 11.9 Å². The third-order valence-corrected chi connectivity index (χ3v) is 2.85. The third kappa shape index (κ3) is 1.35. The van der Waals surface area contributed by atoms with Gasteiger partial charge >= 0.3 is 0 Å². The molecule has 0 saturated heterocycles. The molecule has 1 aromatic carbocycles. The Kier molecular flexibility index (Phi) is 2.15. The van der Waals surface area contributed by atoms with E-state index in [1.165, 1.54) is 5.56 Å². The molecule has 3 nitrogen and oxygen atoms in total. The Labute approximate surface area is 83.5 Å². The van der Waals surface area contributed by atoms with Crippen LogP contribution in [0.1, 0.15) is 12.0 Å². The SMILES string of the molecule is CN1c2ccccc2CCC1C(N)=O. The molecule has 3 heteroatoms. The topological polar surface area (TPSA) is 46.3 Å². The average Bonchev–Trinajstić information content (AvgIpc) is 2.18. The molecule has 1 aromatic rings. The Morgan fingerprint density at radius 3 is 2.93 bits per heavy atom. The van der Waals surface area contributed by atoms with Gasteiger partial charge in [-0.25, -0.2) is 0 Å². The van der Waals surface area contributed by atoms with Crippen molar-refractivity contribution in [2.24, 2.45) is 5.73 Å². The molecule has 14 heavy (non-hydrogen) atoms. The number of carbonyl (C=O) groups is 1. The van der Waals surface area contributed by atoms with Gasteiger partial charge in [0.25, 0.3) is 0 Å². The van der Waals surface area contributed by atoms with Crippen molar-refractivity contribution in [1.82, 2.24) is 0 Å². The van der Waals surface area contributed by atoms with Gasteiger partial charge in [-0.15, -0.1) is 0 Å². The molecule has 74 valence electrons. The summed E-state index contributed by atoms with van der Waals surface area (Å²) in [5.74, 6) is -0.234. The number of aryl methyl sites for hydroxylation is 1. The van der Waals surface area contributed by atoms with E-state index >= 15 is 0 Å². The smallest absolute Gasteiger partial charge is 0.240 e. The van der Waals surface area contributed by atoms with Crippen LogP contribution in [0.4, 0.5) is 5.69 Å². The van der Waals surface area contributed by atoms with Crippen molar-refractivity contribution in [3.05, 3.63) is 29.8 Å². The fraction of sp³-hybridized carbons (Fsp3) is 0.364. The molecule has 0 bridgehead atoms. The molecule has 1 heterocycles. The highest BCUT2D eigenvalue weighted by atomic mass is 16.1. The van der Waals surface area contributed by atoms with E-state index in [0.29, 0.717) is 0 Å². The normalized spacial score (nSPS) is 20.4. The summed E-state index contributed by atoms with van der Waals surface area (Å²) < 4.78 is 0. The number of fused-ring (bicyclic) bond motifs is 1. The van der Waals surface area contributed by atoms with Gasteiger partial charge < -0.3 is 10.6 Å². The molecule has 1 aliphatic rings. The number of rotatable bonds is 1. The number of para-hydroxylation sites is 1. The number of likely N-dealkylation sites (N-methyl/N-ethyl adjacent to an activating group) is 1. The molecule has 0 radical (unpaired) electrons. The van der Waals surface area contributed by atoms with Gasteiger partial charge in [0, 0.05) is 12.7 Å². The van der Waals surface area contributed by atoms with Gasteiger partial charge in [0.05, 0.1) is 0 Å². The van der Waals surface area contributed by atoms with E-state index in [1.54, 1.807) is 0 Å². The molecule has 0 fully saturated rings. The molecule has 0 aliphatic carbocycles. The van der Waals surface area contributed by atoms with Gasteiger partial charge in [0.1, 0.15) is 6.04 Å².